The summed E-state index contributed by atoms with van der Waals surface area (Å²) < 4.78 is 20.7. The van der Waals surface area contributed by atoms with Crippen molar-refractivity contribution in [1.29, 1.82) is 0 Å². The molecule has 0 unspecified atom stereocenters. The van der Waals surface area contributed by atoms with E-state index in [9.17, 15) is 14.2 Å². The number of nitrogens with one attached hydrogen (secondary N) is 2. The van der Waals surface area contributed by atoms with Gasteiger partial charge in [-0.2, -0.15) is 0 Å². The largest absolute Gasteiger partial charge is 0.459 e. The van der Waals surface area contributed by atoms with Gasteiger partial charge in [-0.05, 0) is 9.69 Å². The lowest BCUT2D eigenvalue weighted by Crippen LogP contribution is -2.27. The summed E-state index contributed by atoms with van der Waals surface area (Å²) in [5, 5.41) is 7.11. The lowest BCUT2D eigenvalue weighted by molar-refractivity contribution is 0.148. The van der Waals surface area contributed by atoms with Crippen LogP contribution in [0.5, 0.6) is 0 Å². The number of rotatable bonds is 6. The van der Waals surface area contributed by atoms with Crippen LogP contribution in [0.2, 0.25) is 0 Å². The van der Waals surface area contributed by atoms with E-state index in [1.807, 2.05) is 0 Å². The van der Waals surface area contributed by atoms with Crippen molar-refractivity contribution in [2.24, 2.45) is 0 Å². The fourth-order valence-corrected chi connectivity index (χ4v) is 1.91. The second-order valence-electron chi connectivity index (χ2n) is 3.20. The predicted molar refractivity (Wildman–Crippen MR) is 67.0 cm³/mol. The fourth-order valence-electron chi connectivity index (χ4n) is 1.10. The highest BCUT2D eigenvalue weighted by atomic mass is 35.5. The highest BCUT2D eigenvalue weighted by Gasteiger charge is 2.13. The van der Waals surface area contributed by atoms with Gasteiger partial charge >= 0.3 is 19.6 Å². The summed E-state index contributed by atoms with van der Waals surface area (Å²) in [5.41, 5.74) is -1.59. The molecule has 0 saturated heterocycles. The maximum atomic E-state index is 11.5. The van der Waals surface area contributed by atoms with E-state index in [2.05, 4.69) is 29.4 Å². The molecular weight excluding hydrogens is 338 g/mol. The van der Waals surface area contributed by atoms with E-state index < -0.39 is 19.6 Å². The number of alkyl halides is 2. The normalized spacial score (nSPS) is 10.9. The molecule has 2 aromatic heterocycles. The molecule has 14 heteroatoms. The number of hydrogen-bond donors (Lipinski definition) is 2. The van der Waals surface area contributed by atoms with Crippen LogP contribution in [0.1, 0.15) is 11.6 Å². The second-order valence-corrected chi connectivity index (χ2v) is 4.60. The number of aromatic nitrogens is 6. The molecule has 0 amide bonds. The summed E-state index contributed by atoms with van der Waals surface area (Å²) in [5.74, 6) is 0.108. The van der Waals surface area contributed by atoms with Gasteiger partial charge in [0.15, 0.2) is 0 Å². The van der Waals surface area contributed by atoms with Gasteiger partial charge in [-0.25, -0.2) is 14.2 Å². The molecule has 0 atom stereocenters. The zero-order valence-corrected chi connectivity index (χ0v) is 12.0. The highest BCUT2D eigenvalue weighted by Crippen LogP contribution is 2.12. The Hall–Kier alpha value is -1.71. The average molecular weight is 345 g/mol. The van der Waals surface area contributed by atoms with Gasteiger partial charge in [0.05, 0.1) is 11.8 Å². The van der Waals surface area contributed by atoms with Crippen LogP contribution < -0.4 is 20.6 Å². The minimum Gasteiger partial charge on any atom is -0.301 e. The standard InChI is InChI=1S/C6H7Cl2N6O5P/c7-1-3-9-5(15)13(11-3)18-20(17)19-14-6(16)10-4(2-8)12-14/h20H,1-2H2,(H,9,11,15)(H,10,12,16). The summed E-state index contributed by atoms with van der Waals surface area (Å²) in [6.45, 7) is 0. The zero-order chi connectivity index (χ0) is 14.7. The van der Waals surface area contributed by atoms with E-state index in [0.29, 0.717) is 9.69 Å². The van der Waals surface area contributed by atoms with Gasteiger partial charge < -0.3 is 9.25 Å². The molecule has 0 bridgehead atoms. The summed E-state index contributed by atoms with van der Waals surface area (Å²) in [4.78, 5) is 27.8. The smallest absolute Gasteiger partial charge is 0.301 e. The molecule has 0 aromatic carbocycles. The Morgan fingerprint density at radius 3 is 1.70 bits per heavy atom. The Balaban J connectivity index is 2.08. The number of H-pyrrole nitrogens is 2. The average Bonchev–Trinajstić information content (AvgIpc) is 2.94. The third-order valence-electron chi connectivity index (χ3n) is 1.85. The molecule has 0 aliphatic heterocycles. The first-order valence-electron chi connectivity index (χ1n) is 4.92. The third kappa shape index (κ3) is 3.24. The van der Waals surface area contributed by atoms with Crippen molar-refractivity contribution >= 4 is 31.5 Å². The zero-order valence-electron chi connectivity index (χ0n) is 9.50. The SMILES string of the molecule is O=c1[nH]c(CCl)nn1O[PH](=O)On1nc(CCl)[nH]c1=O. The van der Waals surface area contributed by atoms with Crippen molar-refractivity contribution in [3.8, 4) is 0 Å². The molecule has 0 aliphatic carbocycles. The Bertz CT molecular complexity index is 673. The van der Waals surface area contributed by atoms with E-state index in [4.69, 9.17) is 23.2 Å². The molecule has 0 aliphatic rings. The van der Waals surface area contributed by atoms with Crippen LogP contribution in [0.4, 0.5) is 0 Å². The molecule has 0 fully saturated rings. The van der Waals surface area contributed by atoms with Crippen LogP contribution in [0.25, 0.3) is 0 Å². The quantitative estimate of drug-likeness (QED) is 0.500. The van der Waals surface area contributed by atoms with Crippen LogP contribution in [0, 0.1) is 0 Å². The molecule has 0 radical (unpaired) electrons. The van der Waals surface area contributed by atoms with Crippen molar-refractivity contribution < 1.29 is 13.8 Å². The summed E-state index contributed by atoms with van der Waals surface area (Å²) in [6.07, 6.45) is 0. The first-order chi connectivity index (χ1) is 9.53. The summed E-state index contributed by atoms with van der Waals surface area (Å²) in [7, 11) is -3.30. The van der Waals surface area contributed by atoms with E-state index >= 15 is 0 Å². The van der Waals surface area contributed by atoms with Crippen molar-refractivity contribution in [2.75, 3.05) is 0 Å². The molecule has 0 spiro atoms. The van der Waals surface area contributed by atoms with Gasteiger partial charge in [-0.15, -0.1) is 33.4 Å². The number of aromatic amines is 2. The molecule has 110 valence electrons. The van der Waals surface area contributed by atoms with Crippen LogP contribution in [0.15, 0.2) is 9.59 Å². The molecule has 2 heterocycles. The van der Waals surface area contributed by atoms with Crippen molar-refractivity contribution in [1.82, 2.24) is 29.9 Å². The summed E-state index contributed by atoms with van der Waals surface area (Å²) in [6, 6.07) is 0. The number of nitrogens with zero attached hydrogens (tertiary/aromatic N) is 4. The monoisotopic (exact) mass is 344 g/mol. The molecule has 2 N–H and O–H groups in total. The van der Waals surface area contributed by atoms with E-state index in [1.54, 1.807) is 0 Å². The Kier molecular flexibility index (Phi) is 4.53. The van der Waals surface area contributed by atoms with Gasteiger partial charge in [0.2, 0.25) is 0 Å². The Morgan fingerprint density at radius 1 is 1.00 bits per heavy atom. The van der Waals surface area contributed by atoms with Gasteiger partial charge in [-0.1, -0.05) is 0 Å². The second kappa shape index (κ2) is 6.16. The first-order valence-corrected chi connectivity index (χ1v) is 7.22. The number of halogens is 2. The molecule has 2 rings (SSSR count). The van der Waals surface area contributed by atoms with Crippen molar-refractivity contribution in [3.63, 3.8) is 0 Å². The van der Waals surface area contributed by atoms with Crippen LogP contribution in [0.3, 0.4) is 0 Å². The van der Waals surface area contributed by atoms with E-state index in [0.717, 1.165) is 0 Å². The number of hydrogen-bond acceptors (Lipinski definition) is 7. The van der Waals surface area contributed by atoms with Gasteiger partial charge in [0.25, 0.3) is 0 Å². The van der Waals surface area contributed by atoms with Crippen LogP contribution in [-0.2, 0) is 16.3 Å². The minimum absolute atomic E-state index is 0.0642. The maximum absolute atomic E-state index is 11.5. The maximum Gasteiger partial charge on any atom is 0.459 e. The highest BCUT2D eigenvalue weighted by molar-refractivity contribution is 7.33. The first kappa shape index (κ1) is 14.7. The lowest BCUT2D eigenvalue weighted by Gasteiger charge is -2.02. The molecule has 11 nitrogen and oxygen atoms in total. The van der Waals surface area contributed by atoms with E-state index in [-0.39, 0.29) is 23.4 Å². The molecule has 0 saturated carbocycles. The lowest BCUT2D eigenvalue weighted by atomic mass is 10.7. The Labute approximate surface area is 120 Å². The van der Waals surface area contributed by atoms with Gasteiger partial charge in [0.1, 0.15) is 11.6 Å². The molecular formula is C6H7Cl2N6O5P. The van der Waals surface area contributed by atoms with Gasteiger partial charge in [0, 0.05) is 0 Å². The predicted octanol–water partition coefficient (Wildman–Crippen LogP) is -1.12. The minimum atomic E-state index is -3.30. The Morgan fingerprint density at radius 2 is 1.40 bits per heavy atom. The van der Waals surface area contributed by atoms with Crippen LogP contribution in [-0.4, -0.2) is 29.9 Å². The topological polar surface area (TPSA) is 137 Å². The van der Waals surface area contributed by atoms with Crippen LogP contribution >= 0.6 is 31.5 Å². The van der Waals surface area contributed by atoms with Crippen molar-refractivity contribution in [2.45, 2.75) is 11.8 Å². The summed E-state index contributed by atoms with van der Waals surface area (Å²) >= 11 is 10.9. The molecule has 20 heavy (non-hydrogen) atoms. The van der Waals surface area contributed by atoms with Crippen molar-refractivity contribution in [3.05, 3.63) is 32.6 Å². The molecule has 2 aromatic rings. The van der Waals surface area contributed by atoms with Gasteiger partial charge in [-0.3, -0.25) is 9.97 Å². The fraction of sp³-hybridized carbons (Fsp3) is 0.333. The van der Waals surface area contributed by atoms with E-state index in [1.165, 1.54) is 0 Å². The third-order valence-corrected chi connectivity index (χ3v) is 3.00.